The summed E-state index contributed by atoms with van der Waals surface area (Å²) in [6, 6.07) is 5.78. The van der Waals surface area contributed by atoms with Crippen molar-refractivity contribution in [3.8, 4) is 0 Å². The van der Waals surface area contributed by atoms with Gasteiger partial charge >= 0.3 is 5.97 Å². The van der Waals surface area contributed by atoms with E-state index in [4.69, 9.17) is 4.74 Å². The van der Waals surface area contributed by atoms with Crippen molar-refractivity contribution < 1.29 is 22.7 Å². The quantitative estimate of drug-likeness (QED) is 0.712. The molecule has 1 fully saturated rings. The zero-order valence-electron chi connectivity index (χ0n) is 16.1. The largest absolute Gasteiger partial charge is 0.452 e. The van der Waals surface area contributed by atoms with Gasteiger partial charge in [0.25, 0.3) is 5.91 Å². The highest BCUT2D eigenvalue weighted by atomic mass is 32.2. The lowest BCUT2D eigenvalue weighted by atomic mass is 9.94. The standard InChI is InChI=1S/C19H28N2O5S/c1-4-8-20-18(22)13-26-19(23)16-6-5-7-17(10-16)27(24,25)21-11-14(2)9-15(3)12-21/h5-7,10,14-15H,4,8-9,11-13H2,1-3H3,(H,20,22). The minimum absolute atomic E-state index is 0.0636. The third-order valence-electron chi connectivity index (χ3n) is 4.45. The summed E-state index contributed by atoms with van der Waals surface area (Å²) in [5, 5.41) is 2.61. The van der Waals surface area contributed by atoms with E-state index in [1.165, 1.54) is 28.6 Å². The van der Waals surface area contributed by atoms with E-state index in [1.807, 2.05) is 20.8 Å². The Hall–Kier alpha value is -1.93. The molecular formula is C19H28N2O5S. The van der Waals surface area contributed by atoms with Crippen molar-refractivity contribution >= 4 is 21.9 Å². The van der Waals surface area contributed by atoms with Crippen molar-refractivity contribution in [3.05, 3.63) is 29.8 Å². The lowest BCUT2D eigenvalue weighted by molar-refractivity contribution is -0.124. The molecule has 1 heterocycles. The van der Waals surface area contributed by atoms with Crippen molar-refractivity contribution in [1.29, 1.82) is 0 Å². The second-order valence-electron chi connectivity index (χ2n) is 7.22. The molecular weight excluding hydrogens is 368 g/mol. The van der Waals surface area contributed by atoms with E-state index in [1.54, 1.807) is 0 Å². The smallest absolute Gasteiger partial charge is 0.338 e. The molecule has 1 N–H and O–H groups in total. The van der Waals surface area contributed by atoms with Crippen LogP contribution in [0.3, 0.4) is 0 Å². The number of rotatable bonds is 7. The first-order valence-corrected chi connectivity index (χ1v) is 10.7. The molecule has 2 atom stereocenters. The number of hydrogen-bond donors (Lipinski definition) is 1. The molecule has 0 aliphatic carbocycles. The van der Waals surface area contributed by atoms with Gasteiger partial charge in [-0.05, 0) is 42.9 Å². The molecule has 27 heavy (non-hydrogen) atoms. The second kappa shape index (κ2) is 9.32. The van der Waals surface area contributed by atoms with E-state index in [0.29, 0.717) is 31.5 Å². The zero-order valence-corrected chi connectivity index (χ0v) is 16.9. The predicted octanol–water partition coefficient (Wildman–Crippen LogP) is 2.04. The third-order valence-corrected chi connectivity index (χ3v) is 6.28. The van der Waals surface area contributed by atoms with E-state index in [2.05, 4.69) is 5.32 Å². The van der Waals surface area contributed by atoms with Gasteiger partial charge in [-0.15, -0.1) is 0 Å². The van der Waals surface area contributed by atoms with Gasteiger partial charge < -0.3 is 10.1 Å². The van der Waals surface area contributed by atoms with E-state index >= 15 is 0 Å². The summed E-state index contributed by atoms with van der Waals surface area (Å²) in [6.07, 6.45) is 1.78. The van der Waals surface area contributed by atoms with Crippen LogP contribution >= 0.6 is 0 Å². The molecule has 7 nitrogen and oxygen atoms in total. The number of hydrogen-bond acceptors (Lipinski definition) is 5. The molecule has 2 unspecified atom stereocenters. The first-order valence-electron chi connectivity index (χ1n) is 9.28. The Balaban J connectivity index is 2.09. The maximum Gasteiger partial charge on any atom is 0.338 e. The molecule has 150 valence electrons. The van der Waals surface area contributed by atoms with Crippen molar-refractivity contribution in [2.45, 2.75) is 38.5 Å². The average molecular weight is 397 g/mol. The van der Waals surface area contributed by atoms with Gasteiger partial charge in [0.05, 0.1) is 10.5 Å². The molecule has 0 radical (unpaired) electrons. The molecule has 0 saturated carbocycles. The number of benzene rings is 1. The molecule has 1 aromatic carbocycles. The number of nitrogens with zero attached hydrogens (tertiary/aromatic N) is 1. The monoisotopic (exact) mass is 396 g/mol. The summed E-state index contributed by atoms with van der Waals surface area (Å²) in [5.74, 6) is -0.527. The van der Waals surface area contributed by atoms with Crippen LogP contribution in [0.5, 0.6) is 0 Å². The van der Waals surface area contributed by atoms with Crippen molar-refractivity contribution in [3.63, 3.8) is 0 Å². The maximum absolute atomic E-state index is 12.9. The van der Waals surface area contributed by atoms with Gasteiger partial charge in [-0.1, -0.05) is 26.8 Å². The van der Waals surface area contributed by atoms with Crippen molar-refractivity contribution in [2.24, 2.45) is 11.8 Å². The molecule has 1 amide bonds. The summed E-state index contributed by atoms with van der Waals surface area (Å²) >= 11 is 0. The minimum atomic E-state index is -3.68. The molecule has 1 saturated heterocycles. The van der Waals surface area contributed by atoms with E-state index in [0.717, 1.165) is 12.8 Å². The Morgan fingerprint density at radius 3 is 2.52 bits per heavy atom. The highest BCUT2D eigenvalue weighted by molar-refractivity contribution is 7.89. The van der Waals surface area contributed by atoms with Gasteiger partial charge in [-0.3, -0.25) is 4.79 Å². The van der Waals surface area contributed by atoms with Gasteiger partial charge in [0.1, 0.15) is 0 Å². The Morgan fingerprint density at radius 1 is 1.22 bits per heavy atom. The summed E-state index contributed by atoms with van der Waals surface area (Å²) in [4.78, 5) is 23.8. The fourth-order valence-corrected chi connectivity index (χ4v) is 4.99. The Morgan fingerprint density at radius 2 is 1.89 bits per heavy atom. The molecule has 0 bridgehead atoms. The number of piperidine rings is 1. The molecule has 8 heteroatoms. The van der Waals surface area contributed by atoms with Crippen LogP contribution in [0.4, 0.5) is 0 Å². The predicted molar refractivity (Wildman–Crippen MR) is 102 cm³/mol. The number of carbonyl (C=O) groups is 2. The fraction of sp³-hybridized carbons (Fsp3) is 0.579. The van der Waals surface area contributed by atoms with Crippen LogP contribution in [0.15, 0.2) is 29.2 Å². The minimum Gasteiger partial charge on any atom is -0.452 e. The number of carbonyl (C=O) groups excluding carboxylic acids is 2. The van der Waals surface area contributed by atoms with Crippen LogP contribution in [0.1, 0.15) is 44.0 Å². The molecule has 1 aromatic rings. The summed E-state index contributed by atoms with van der Waals surface area (Å²) in [5.41, 5.74) is 0.109. The lowest BCUT2D eigenvalue weighted by Gasteiger charge is -2.34. The van der Waals surface area contributed by atoms with E-state index in [9.17, 15) is 18.0 Å². The summed E-state index contributed by atoms with van der Waals surface area (Å²) in [6.45, 7) is 7.05. The van der Waals surface area contributed by atoms with Crippen LogP contribution in [0, 0.1) is 11.8 Å². The first kappa shape index (κ1) is 21.4. The van der Waals surface area contributed by atoms with Gasteiger partial charge in [0.2, 0.25) is 10.0 Å². The van der Waals surface area contributed by atoms with E-state index < -0.39 is 22.6 Å². The topological polar surface area (TPSA) is 92.8 Å². The number of ether oxygens (including phenoxy) is 1. The highest BCUT2D eigenvalue weighted by Gasteiger charge is 2.32. The van der Waals surface area contributed by atoms with Crippen LogP contribution in [0.2, 0.25) is 0 Å². The van der Waals surface area contributed by atoms with E-state index in [-0.39, 0.29) is 16.4 Å². The third kappa shape index (κ3) is 5.77. The van der Waals surface area contributed by atoms with Gasteiger partial charge in [0, 0.05) is 19.6 Å². The number of sulfonamides is 1. The maximum atomic E-state index is 12.9. The number of nitrogens with one attached hydrogen (secondary N) is 1. The van der Waals surface area contributed by atoms with Crippen molar-refractivity contribution in [2.75, 3.05) is 26.2 Å². The zero-order chi connectivity index (χ0) is 20.0. The Bertz CT molecular complexity index is 768. The van der Waals surface area contributed by atoms with Crippen LogP contribution in [-0.4, -0.2) is 50.8 Å². The molecule has 1 aliphatic rings. The Kier molecular flexibility index (Phi) is 7.38. The van der Waals surface area contributed by atoms with Gasteiger partial charge in [-0.2, -0.15) is 4.31 Å². The first-order chi connectivity index (χ1) is 12.7. The molecule has 0 aromatic heterocycles. The van der Waals surface area contributed by atoms with Crippen LogP contribution in [0.25, 0.3) is 0 Å². The summed E-state index contributed by atoms with van der Waals surface area (Å²) < 4.78 is 32.3. The number of amides is 1. The molecule has 2 rings (SSSR count). The number of esters is 1. The molecule has 0 spiro atoms. The normalized spacial score (nSPS) is 20.9. The summed E-state index contributed by atoms with van der Waals surface area (Å²) in [7, 11) is -3.68. The van der Waals surface area contributed by atoms with Crippen LogP contribution < -0.4 is 5.32 Å². The fourth-order valence-electron chi connectivity index (χ4n) is 3.26. The van der Waals surface area contributed by atoms with Gasteiger partial charge in [0.15, 0.2) is 6.61 Å². The SMILES string of the molecule is CCCNC(=O)COC(=O)c1cccc(S(=O)(=O)N2CC(C)CC(C)C2)c1. The lowest BCUT2D eigenvalue weighted by Crippen LogP contribution is -2.42. The Labute approximate surface area is 161 Å². The van der Waals surface area contributed by atoms with Gasteiger partial charge in [-0.25, -0.2) is 13.2 Å². The molecule has 1 aliphatic heterocycles. The highest BCUT2D eigenvalue weighted by Crippen LogP contribution is 2.27. The average Bonchev–Trinajstić information content (AvgIpc) is 2.63. The van der Waals surface area contributed by atoms with Crippen molar-refractivity contribution in [1.82, 2.24) is 9.62 Å². The second-order valence-corrected chi connectivity index (χ2v) is 9.16. The van der Waals surface area contributed by atoms with Crippen LogP contribution in [-0.2, 0) is 19.6 Å².